The van der Waals surface area contributed by atoms with Gasteiger partial charge >= 0.3 is 0 Å². The zero-order chi connectivity index (χ0) is 15.5. The molecule has 2 unspecified atom stereocenters. The van der Waals surface area contributed by atoms with Gasteiger partial charge in [-0.25, -0.2) is 4.98 Å². The fourth-order valence-electron chi connectivity index (χ4n) is 3.22. The summed E-state index contributed by atoms with van der Waals surface area (Å²) in [7, 11) is 0. The van der Waals surface area contributed by atoms with Crippen molar-refractivity contribution in [3.8, 4) is 0 Å². The van der Waals surface area contributed by atoms with E-state index in [4.69, 9.17) is 0 Å². The maximum absolute atomic E-state index is 11.7. The second-order valence-electron chi connectivity index (χ2n) is 6.56. The highest BCUT2D eigenvalue weighted by molar-refractivity contribution is 7.14. The standard InChI is InChI=1S/C16H25N3O2S/c1-11(20)19(14-5-6-14)16-18-13(10-22-16)9-17-8-12-3-2-4-15(21)7-12/h10,12,14-15,17,21H,2-9H2,1H3. The molecule has 0 radical (unpaired) electrons. The number of amides is 1. The van der Waals surface area contributed by atoms with Crippen LogP contribution in [0, 0.1) is 5.92 Å². The Morgan fingerprint density at radius 1 is 1.45 bits per heavy atom. The van der Waals surface area contributed by atoms with Gasteiger partial charge in [0, 0.05) is 24.9 Å². The molecule has 2 saturated carbocycles. The third-order valence-electron chi connectivity index (χ3n) is 4.49. The Balaban J connectivity index is 1.48. The van der Waals surface area contributed by atoms with Gasteiger partial charge in [-0.1, -0.05) is 6.42 Å². The van der Waals surface area contributed by atoms with E-state index in [1.54, 1.807) is 18.3 Å². The quantitative estimate of drug-likeness (QED) is 0.843. The van der Waals surface area contributed by atoms with Crippen LogP contribution < -0.4 is 10.2 Å². The van der Waals surface area contributed by atoms with Gasteiger partial charge in [0.15, 0.2) is 5.13 Å². The third-order valence-corrected chi connectivity index (χ3v) is 5.38. The molecule has 1 aromatic rings. The number of hydrogen-bond acceptors (Lipinski definition) is 5. The van der Waals surface area contributed by atoms with Crippen LogP contribution >= 0.6 is 11.3 Å². The molecular weight excluding hydrogens is 298 g/mol. The lowest BCUT2D eigenvalue weighted by Gasteiger charge is -2.25. The molecule has 2 atom stereocenters. The van der Waals surface area contributed by atoms with Crippen LogP contribution in [-0.2, 0) is 11.3 Å². The van der Waals surface area contributed by atoms with Crippen LogP contribution in [0.4, 0.5) is 5.13 Å². The van der Waals surface area contributed by atoms with Crippen molar-refractivity contribution in [3.05, 3.63) is 11.1 Å². The molecule has 1 amide bonds. The summed E-state index contributed by atoms with van der Waals surface area (Å²) in [5.41, 5.74) is 1.00. The van der Waals surface area contributed by atoms with Crippen LogP contribution in [0.25, 0.3) is 0 Å². The van der Waals surface area contributed by atoms with Crippen molar-refractivity contribution in [2.45, 2.75) is 64.1 Å². The lowest BCUT2D eigenvalue weighted by atomic mass is 9.87. The van der Waals surface area contributed by atoms with Gasteiger partial charge in [0.25, 0.3) is 0 Å². The van der Waals surface area contributed by atoms with Gasteiger partial charge in [-0.3, -0.25) is 9.69 Å². The molecule has 1 heterocycles. The molecule has 0 aliphatic heterocycles. The van der Waals surface area contributed by atoms with Crippen LogP contribution in [0.2, 0.25) is 0 Å². The minimum absolute atomic E-state index is 0.0903. The SMILES string of the molecule is CC(=O)N(c1nc(CNCC2CCCC(O)C2)cs1)C1CC1. The van der Waals surface area contributed by atoms with Gasteiger partial charge < -0.3 is 10.4 Å². The molecule has 6 heteroatoms. The maximum atomic E-state index is 11.7. The fourth-order valence-corrected chi connectivity index (χ4v) is 4.16. The minimum atomic E-state index is -0.117. The number of nitrogens with zero attached hydrogens (tertiary/aromatic N) is 2. The minimum Gasteiger partial charge on any atom is -0.393 e. The highest BCUT2D eigenvalue weighted by atomic mass is 32.1. The van der Waals surface area contributed by atoms with E-state index in [-0.39, 0.29) is 12.0 Å². The highest BCUT2D eigenvalue weighted by Gasteiger charge is 2.33. The van der Waals surface area contributed by atoms with Crippen molar-refractivity contribution in [3.63, 3.8) is 0 Å². The normalized spacial score (nSPS) is 25.2. The highest BCUT2D eigenvalue weighted by Crippen LogP contribution is 2.33. The summed E-state index contributed by atoms with van der Waals surface area (Å²) in [5.74, 6) is 0.662. The molecule has 3 rings (SSSR count). The van der Waals surface area contributed by atoms with Gasteiger partial charge in [-0.05, 0) is 44.6 Å². The van der Waals surface area contributed by atoms with Gasteiger partial charge in [0.2, 0.25) is 5.91 Å². The van der Waals surface area contributed by atoms with Crippen molar-refractivity contribution in [2.75, 3.05) is 11.4 Å². The lowest BCUT2D eigenvalue weighted by molar-refractivity contribution is -0.116. The van der Waals surface area contributed by atoms with Crippen molar-refractivity contribution >= 4 is 22.4 Å². The van der Waals surface area contributed by atoms with Crippen molar-refractivity contribution in [1.29, 1.82) is 0 Å². The van der Waals surface area contributed by atoms with E-state index >= 15 is 0 Å². The number of aliphatic hydroxyl groups is 1. The largest absolute Gasteiger partial charge is 0.393 e. The summed E-state index contributed by atoms with van der Waals surface area (Å²) in [6.45, 7) is 3.29. The van der Waals surface area contributed by atoms with E-state index in [1.807, 2.05) is 10.3 Å². The Morgan fingerprint density at radius 2 is 2.27 bits per heavy atom. The van der Waals surface area contributed by atoms with Crippen LogP contribution in [0.5, 0.6) is 0 Å². The molecule has 0 aromatic carbocycles. The van der Waals surface area contributed by atoms with E-state index in [1.165, 1.54) is 6.42 Å². The molecule has 2 aliphatic rings. The van der Waals surface area contributed by atoms with Crippen LogP contribution in [0.3, 0.4) is 0 Å². The molecule has 122 valence electrons. The van der Waals surface area contributed by atoms with Gasteiger partial charge in [0.1, 0.15) is 0 Å². The summed E-state index contributed by atoms with van der Waals surface area (Å²) >= 11 is 1.55. The molecular formula is C16H25N3O2S. The second-order valence-corrected chi connectivity index (χ2v) is 7.40. The summed E-state index contributed by atoms with van der Waals surface area (Å²) < 4.78 is 0. The lowest BCUT2D eigenvalue weighted by Crippen LogP contribution is -2.31. The Labute approximate surface area is 135 Å². The maximum Gasteiger partial charge on any atom is 0.225 e. The van der Waals surface area contributed by atoms with Crippen molar-refractivity contribution < 1.29 is 9.90 Å². The Hall–Kier alpha value is -0.980. The number of carbonyl (C=O) groups excluding carboxylic acids is 1. The van der Waals surface area contributed by atoms with Crippen LogP contribution in [0.15, 0.2) is 5.38 Å². The summed E-state index contributed by atoms with van der Waals surface area (Å²) in [4.78, 5) is 18.2. The predicted molar refractivity (Wildman–Crippen MR) is 88.0 cm³/mol. The molecule has 2 N–H and O–H groups in total. The average molecular weight is 323 g/mol. The number of aliphatic hydroxyl groups excluding tert-OH is 1. The smallest absolute Gasteiger partial charge is 0.225 e. The van der Waals surface area contributed by atoms with E-state index in [9.17, 15) is 9.90 Å². The molecule has 5 nitrogen and oxygen atoms in total. The van der Waals surface area contributed by atoms with E-state index < -0.39 is 0 Å². The van der Waals surface area contributed by atoms with Crippen molar-refractivity contribution in [2.24, 2.45) is 5.92 Å². The first kappa shape index (κ1) is 15.9. The van der Waals surface area contributed by atoms with Crippen molar-refractivity contribution in [1.82, 2.24) is 10.3 Å². The molecule has 22 heavy (non-hydrogen) atoms. The zero-order valence-corrected chi connectivity index (χ0v) is 13.9. The number of hydrogen-bond donors (Lipinski definition) is 2. The predicted octanol–water partition coefficient (Wildman–Crippen LogP) is 2.30. The van der Waals surface area contributed by atoms with Gasteiger partial charge in [-0.2, -0.15) is 0 Å². The molecule has 0 bridgehead atoms. The molecule has 0 saturated heterocycles. The van der Waals surface area contributed by atoms with Crippen LogP contribution in [-0.4, -0.2) is 34.7 Å². The third kappa shape index (κ3) is 4.06. The molecule has 2 aliphatic carbocycles. The van der Waals surface area contributed by atoms with Crippen LogP contribution in [0.1, 0.15) is 51.1 Å². The number of nitrogens with one attached hydrogen (secondary N) is 1. The van der Waals surface area contributed by atoms with E-state index in [0.717, 1.165) is 56.0 Å². The number of carbonyl (C=O) groups is 1. The van der Waals surface area contributed by atoms with Gasteiger partial charge in [-0.15, -0.1) is 11.3 Å². The summed E-state index contributed by atoms with van der Waals surface area (Å²) in [6.07, 6.45) is 6.26. The first-order valence-corrected chi connectivity index (χ1v) is 9.14. The first-order chi connectivity index (χ1) is 10.6. The summed E-state index contributed by atoms with van der Waals surface area (Å²) in [6, 6.07) is 0.369. The summed E-state index contributed by atoms with van der Waals surface area (Å²) in [5, 5.41) is 16.0. The monoisotopic (exact) mass is 323 g/mol. The molecule has 1 aromatic heterocycles. The topological polar surface area (TPSA) is 65.5 Å². The number of rotatable bonds is 6. The Morgan fingerprint density at radius 3 is 2.95 bits per heavy atom. The number of anilines is 1. The van der Waals surface area contributed by atoms with Gasteiger partial charge in [0.05, 0.1) is 11.8 Å². The Bertz CT molecular complexity index is 515. The number of aromatic nitrogens is 1. The second kappa shape index (κ2) is 7.06. The Kier molecular flexibility index (Phi) is 5.10. The zero-order valence-electron chi connectivity index (χ0n) is 13.1. The number of thiazole rings is 1. The molecule has 2 fully saturated rings. The fraction of sp³-hybridized carbons (Fsp3) is 0.750. The van der Waals surface area contributed by atoms with E-state index in [2.05, 4.69) is 10.3 Å². The van der Waals surface area contributed by atoms with E-state index in [0.29, 0.717) is 12.0 Å². The first-order valence-electron chi connectivity index (χ1n) is 8.26. The average Bonchev–Trinajstić information content (AvgIpc) is 3.18. The molecule has 0 spiro atoms.